The summed E-state index contributed by atoms with van der Waals surface area (Å²) >= 11 is 0. The van der Waals surface area contributed by atoms with Crippen molar-refractivity contribution in [1.82, 2.24) is 4.90 Å². The van der Waals surface area contributed by atoms with Crippen LogP contribution in [0.5, 0.6) is 0 Å². The van der Waals surface area contributed by atoms with Gasteiger partial charge in [0.25, 0.3) is 0 Å². The maximum absolute atomic E-state index is 12.5. The van der Waals surface area contributed by atoms with Crippen LogP contribution in [0.15, 0.2) is 42.5 Å². The molecule has 1 N–H and O–H groups in total. The zero-order valence-electron chi connectivity index (χ0n) is 15.8. The minimum absolute atomic E-state index is 0.0663. The summed E-state index contributed by atoms with van der Waals surface area (Å²) < 4.78 is 10.6. The molecule has 7 heteroatoms. The van der Waals surface area contributed by atoms with E-state index in [0.717, 1.165) is 5.56 Å². The van der Waals surface area contributed by atoms with Gasteiger partial charge in [0.1, 0.15) is 12.2 Å². The Bertz CT molecular complexity index is 707. The van der Waals surface area contributed by atoms with Crippen molar-refractivity contribution < 1.29 is 29.0 Å². The van der Waals surface area contributed by atoms with Crippen LogP contribution in [-0.4, -0.2) is 46.2 Å². The van der Waals surface area contributed by atoms with Gasteiger partial charge in [0.15, 0.2) is 5.92 Å². The summed E-state index contributed by atoms with van der Waals surface area (Å²) in [5.41, 5.74) is -0.00890. The number of benzene rings is 1. The molecular weight excluding hydrogens is 350 g/mol. The number of hydrogen-bond acceptors (Lipinski definition) is 5. The third-order valence-electron chi connectivity index (χ3n) is 4.00. The number of carbonyl (C=O) groups is 3. The van der Waals surface area contributed by atoms with Gasteiger partial charge >= 0.3 is 18.0 Å². The molecule has 1 aromatic rings. The van der Waals surface area contributed by atoms with Crippen LogP contribution < -0.4 is 0 Å². The van der Waals surface area contributed by atoms with Gasteiger partial charge in [-0.1, -0.05) is 42.5 Å². The van der Waals surface area contributed by atoms with Gasteiger partial charge < -0.3 is 14.6 Å². The fraction of sp³-hybridized carbons (Fsp3) is 0.450. The van der Waals surface area contributed by atoms with Crippen LogP contribution in [0.2, 0.25) is 0 Å². The zero-order chi connectivity index (χ0) is 20.0. The van der Waals surface area contributed by atoms with Crippen molar-refractivity contribution in [2.24, 2.45) is 5.92 Å². The van der Waals surface area contributed by atoms with Crippen molar-refractivity contribution in [3.8, 4) is 0 Å². The molecule has 0 saturated heterocycles. The summed E-state index contributed by atoms with van der Waals surface area (Å²) in [6.07, 6.45) is 3.07. The summed E-state index contributed by atoms with van der Waals surface area (Å²) in [6, 6.07) is 8.29. The Hall–Kier alpha value is -2.83. The number of rotatable bonds is 5. The molecule has 0 spiro atoms. The van der Waals surface area contributed by atoms with Gasteiger partial charge in [0.2, 0.25) is 0 Å². The number of nitrogens with zero attached hydrogens (tertiary/aromatic N) is 1. The lowest BCUT2D eigenvalue weighted by atomic mass is 9.93. The molecule has 0 saturated carbocycles. The van der Waals surface area contributed by atoms with Crippen LogP contribution in [0, 0.1) is 5.92 Å². The predicted molar refractivity (Wildman–Crippen MR) is 97.8 cm³/mol. The van der Waals surface area contributed by atoms with Crippen LogP contribution >= 0.6 is 0 Å². The SMILES string of the molecule is CC(C)(C)OC(=O)[C@@H](C(=O)O)[C@H]1CC=CCN1C(=O)OCc1ccccc1. The molecule has 1 amide bonds. The molecule has 1 aromatic carbocycles. The lowest BCUT2D eigenvalue weighted by Gasteiger charge is -2.35. The number of ether oxygens (including phenoxy) is 2. The van der Waals surface area contributed by atoms with Crippen LogP contribution in [0.1, 0.15) is 32.8 Å². The number of carbonyl (C=O) groups excluding carboxylic acids is 2. The second-order valence-corrected chi connectivity index (χ2v) is 7.32. The summed E-state index contributed by atoms with van der Waals surface area (Å²) in [6.45, 7) is 5.23. The molecular formula is C20H25NO6. The first-order valence-corrected chi connectivity index (χ1v) is 8.77. The lowest BCUT2D eigenvalue weighted by molar-refractivity contribution is -0.169. The van der Waals surface area contributed by atoms with E-state index in [9.17, 15) is 19.5 Å². The molecule has 1 aliphatic heterocycles. The largest absolute Gasteiger partial charge is 0.481 e. The van der Waals surface area contributed by atoms with Crippen LogP contribution in [0.3, 0.4) is 0 Å². The maximum Gasteiger partial charge on any atom is 0.410 e. The van der Waals surface area contributed by atoms with E-state index in [1.165, 1.54) is 4.90 Å². The Labute approximate surface area is 158 Å². The summed E-state index contributed by atoms with van der Waals surface area (Å²) in [5.74, 6) is -3.68. The molecule has 0 aromatic heterocycles. The molecule has 27 heavy (non-hydrogen) atoms. The van der Waals surface area contributed by atoms with E-state index in [0.29, 0.717) is 0 Å². The summed E-state index contributed by atoms with van der Waals surface area (Å²) in [5, 5.41) is 9.60. The zero-order valence-corrected chi connectivity index (χ0v) is 15.8. The van der Waals surface area contributed by atoms with Crippen LogP contribution in [0.25, 0.3) is 0 Å². The first kappa shape index (κ1) is 20.5. The first-order chi connectivity index (χ1) is 12.7. The standard InChI is InChI=1S/C20H25NO6/c1-20(2,3)27-18(24)16(17(22)23)15-11-7-8-12-21(15)19(25)26-13-14-9-5-4-6-10-14/h4-10,15-16H,11-13H2,1-3H3,(H,22,23)/t15-,16-/m1/s1. The molecule has 2 atom stereocenters. The molecule has 1 heterocycles. The highest BCUT2D eigenvalue weighted by Crippen LogP contribution is 2.24. The van der Waals surface area contributed by atoms with Crippen molar-refractivity contribution in [2.75, 3.05) is 6.54 Å². The molecule has 146 valence electrons. The van der Waals surface area contributed by atoms with Gasteiger partial charge in [-0.3, -0.25) is 14.5 Å². The highest BCUT2D eigenvalue weighted by molar-refractivity contribution is 5.95. The number of carboxylic acid groups (broad SMARTS) is 1. The molecule has 0 fully saturated rings. The monoisotopic (exact) mass is 375 g/mol. The van der Waals surface area contributed by atoms with E-state index >= 15 is 0 Å². The van der Waals surface area contributed by atoms with E-state index in [-0.39, 0.29) is 19.6 Å². The van der Waals surface area contributed by atoms with Crippen molar-refractivity contribution in [1.29, 1.82) is 0 Å². The third kappa shape index (κ3) is 5.84. The van der Waals surface area contributed by atoms with Gasteiger partial charge in [-0.2, -0.15) is 0 Å². The van der Waals surface area contributed by atoms with E-state index in [1.807, 2.05) is 30.3 Å². The fourth-order valence-corrected chi connectivity index (χ4v) is 2.80. The minimum atomic E-state index is -1.49. The Balaban J connectivity index is 2.13. The molecule has 1 aliphatic rings. The first-order valence-electron chi connectivity index (χ1n) is 8.77. The van der Waals surface area contributed by atoms with Crippen molar-refractivity contribution in [3.05, 3.63) is 48.0 Å². The molecule has 7 nitrogen and oxygen atoms in total. The van der Waals surface area contributed by atoms with Gasteiger partial charge in [-0.15, -0.1) is 0 Å². The topological polar surface area (TPSA) is 93.1 Å². The number of amides is 1. The summed E-state index contributed by atoms with van der Waals surface area (Å²) in [4.78, 5) is 38.0. The quantitative estimate of drug-likeness (QED) is 0.483. The lowest BCUT2D eigenvalue weighted by Crippen LogP contribution is -2.52. The molecule has 0 radical (unpaired) electrons. The number of carboxylic acids is 1. The second kappa shape index (κ2) is 8.70. The van der Waals surface area contributed by atoms with Gasteiger partial charge in [-0.05, 0) is 32.8 Å². The minimum Gasteiger partial charge on any atom is -0.481 e. The average molecular weight is 375 g/mol. The molecule has 2 rings (SSSR count). The third-order valence-corrected chi connectivity index (χ3v) is 4.00. The molecule has 0 bridgehead atoms. The number of esters is 1. The Morgan fingerprint density at radius 3 is 2.44 bits per heavy atom. The van der Waals surface area contributed by atoms with Crippen LogP contribution in [0.4, 0.5) is 4.79 Å². The second-order valence-electron chi connectivity index (χ2n) is 7.32. The van der Waals surface area contributed by atoms with Crippen molar-refractivity contribution in [3.63, 3.8) is 0 Å². The van der Waals surface area contributed by atoms with Crippen LogP contribution in [-0.2, 0) is 25.7 Å². The van der Waals surface area contributed by atoms with Crippen molar-refractivity contribution in [2.45, 2.75) is 45.4 Å². The number of aliphatic carboxylic acids is 1. The predicted octanol–water partition coefficient (Wildman–Crippen LogP) is 3.00. The Morgan fingerprint density at radius 2 is 1.85 bits per heavy atom. The Kier molecular flexibility index (Phi) is 6.60. The van der Waals surface area contributed by atoms with E-state index in [4.69, 9.17) is 9.47 Å². The highest BCUT2D eigenvalue weighted by Gasteiger charge is 2.43. The van der Waals surface area contributed by atoms with Gasteiger partial charge in [0, 0.05) is 6.54 Å². The summed E-state index contributed by atoms with van der Waals surface area (Å²) in [7, 11) is 0. The number of hydrogen-bond donors (Lipinski definition) is 1. The van der Waals surface area contributed by atoms with E-state index in [1.54, 1.807) is 32.9 Å². The van der Waals surface area contributed by atoms with E-state index in [2.05, 4.69) is 0 Å². The fourth-order valence-electron chi connectivity index (χ4n) is 2.80. The molecule has 0 unspecified atom stereocenters. The average Bonchev–Trinajstić information content (AvgIpc) is 2.59. The van der Waals surface area contributed by atoms with Gasteiger partial charge in [0.05, 0.1) is 6.04 Å². The Morgan fingerprint density at radius 1 is 1.19 bits per heavy atom. The maximum atomic E-state index is 12.5. The van der Waals surface area contributed by atoms with Crippen molar-refractivity contribution >= 4 is 18.0 Å². The normalized spacial score (nSPS) is 17.9. The van der Waals surface area contributed by atoms with Gasteiger partial charge in [-0.25, -0.2) is 4.79 Å². The smallest absolute Gasteiger partial charge is 0.410 e. The highest BCUT2D eigenvalue weighted by atomic mass is 16.6. The van der Waals surface area contributed by atoms with E-state index < -0.39 is 35.6 Å². The molecule has 0 aliphatic carbocycles.